The van der Waals surface area contributed by atoms with E-state index in [1.165, 1.54) is 6.08 Å². The largest absolute Gasteiger partial charge is 0.393 e. The van der Waals surface area contributed by atoms with E-state index in [9.17, 15) is 14.7 Å². The summed E-state index contributed by atoms with van der Waals surface area (Å²) < 4.78 is 0. The Hall–Kier alpha value is -2.14. The average Bonchev–Trinajstić information content (AvgIpc) is 2.53. The summed E-state index contributed by atoms with van der Waals surface area (Å²) in [5.74, 6) is -0.579. The van der Waals surface area contributed by atoms with Crippen LogP contribution in [0.15, 0.2) is 36.4 Å². The van der Waals surface area contributed by atoms with Crippen molar-refractivity contribution in [3.8, 4) is 0 Å². The molecular weight excluding hydrogens is 280 g/mol. The predicted molar refractivity (Wildman–Crippen MR) is 87.0 cm³/mol. The fourth-order valence-electron chi connectivity index (χ4n) is 1.78. The second-order valence-corrected chi connectivity index (χ2v) is 5.12. The second kappa shape index (κ2) is 9.73. The molecule has 5 nitrogen and oxygen atoms in total. The maximum Gasteiger partial charge on any atom is 0.244 e. The minimum atomic E-state index is -0.619. The Bertz CT molecular complexity index is 500. The van der Waals surface area contributed by atoms with Gasteiger partial charge in [0.1, 0.15) is 6.04 Å². The zero-order valence-corrected chi connectivity index (χ0v) is 13.1. The molecule has 0 heterocycles. The Labute approximate surface area is 131 Å². The Balaban J connectivity index is 2.34. The second-order valence-electron chi connectivity index (χ2n) is 5.12. The van der Waals surface area contributed by atoms with Crippen molar-refractivity contribution < 1.29 is 14.7 Å². The standard InChI is InChI=1S/C17H24N2O3/c1-3-15(20)11-12-18-17(22)13(2)19-16(21)10-9-14-7-5-4-6-8-14/h4-10,13,15,20H,3,11-12H2,1-2H3,(H,18,22)(H,19,21)/b10-9+. The lowest BCUT2D eigenvalue weighted by Crippen LogP contribution is -2.44. The van der Waals surface area contributed by atoms with Gasteiger partial charge in [-0.2, -0.15) is 0 Å². The number of nitrogens with one attached hydrogen (secondary N) is 2. The predicted octanol–water partition coefficient (Wildman–Crippen LogP) is 1.48. The molecule has 0 fully saturated rings. The van der Waals surface area contributed by atoms with E-state index in [-0.39, 0.29) is 11.8 Å². The first-order chi connectivity index (χ1) is 10.5. The maximum atomic E-state index is 11.8. The first kappa shape index (κ1) is 17.9. The van der Waals surface area contributed by atoms with Crippen molar-refractivity contribution in [3.05, 3.63) is 42.0 Å². The van der Waals surface area contributed by atoms with Crippen molar-refractivity contribution >= 4 is 17.9 Å². The highest BCUT2D eigenvalue weighted by Crippen LogP contribution is 2.00. The highest BCUT2D eigenvalue weighted by molar-refractivity contribution is 5.95. The van der Waals surface area contributed by atoms with Gasteiger partial charge in [0.05, 0.1) is 6.10 Å². The van der Waals surface area contributed by atoms with Gasteiger partial charge in [0.2, 0.25) is 11.8 Å². The number of benzene rings is 1. The Kier molecular flexibility index (Phi) is 7.92. The van der Waals surface area contributed by atoms with E-state index < -0.39 is 12.1 Å². The molecule has 0 bridgehead atoms. The van der Waals surface area contributed by atoms with Crippen LogP contribution < -0.4 is 10.6 Å². The number of carbonyl (C=O) groups excluding carboxylic acids is 2. The van der Waals surface area contributed by atoms with Crippen LogP contribution in [0.2, 0.25) is 0 Å². The van der Waals surface area contributed by atoms with E-state index in [0.717, 1.165) is 5.56 Å². The highest BCUT2D eigenvalue weighted by Gasteiger charge is 2.14. The number of amides is 2. The summed E-state index contributed by atoms with van der Waals surface area (Å²) >= 11 is 0. The lowest BCUT2D eigenvalue weighted by atomic mass is 10.2. The van der Waals surface area contributed by atoms with Crippen molar-refractivity contribution in [2.24, 2.45) is 0 Å². The molecule has 0 saturated heterocycles. The summed E-state index contributed by atoms with van der Waals surface area (Å²) in [5.41, 5.74) is 0.920. The van der Waals surface area contributed by atoms with E-state index in [1.54, 1.807) is 13.0 Å². The SMILES string of the molecule is CCC(O)CCNC(=O)C(C)NC(=O)/C=C/c1ccccc1. The summed E-state index contributed by atoms with van der Waals surface area (Å²) in [6, 6.07) is 8.83. The van der Waals surface area contributed by atoms with Crippen molar-refractivity contribution in [1.82, 2.24) is 10.6 Å². The van der Waals surface area contributed by atoms with E-state index in [0.29, 0.717) is 19.4 Å². The van der Waals surface area contributed by atoms with Crippen LogP contribution in [0.5, 0.6) is 0 Å². The summed E-state index contributed by atoms with van der Waals surface area (Å²) in [7, 11) is 0. The van der Waals surface area contributed by atoms with Crippen molar-refractivity contribution in [2.45, 2.75) is 38.8 Å². The monoisotopic (exact) mass is 304 g/mol. The van der Waals surface area contributed by atoms with Crippen LogP contribution in [0.3, 0.4) is 0 Å². The van der Waals surface area contributed by atoms with Crippen molar-refractivity contribution in [2.75, 3.05) is 6.54 Å². The first-order valence-electron chi connectivity index (χ1n) is 7.52. The molecule has 5 heteroatoms. The minimum absolute atomic E-state index is 0.259. The number of hydrogen-bond donors (Lipinski definition) is 3. The molecule has 0 radical (unpaired) electrons. The van der Waals surface area contributed by atoms with Gasteiger partial charge in [-0.25, -0.2) is 0 Å². The summed E-state index contributed by atoms with van der Waals surface area (Å²) in [6.45, 7) is 3.90. The summed E-state index contributed by atoms with van der Waals surface area (Å²) in [6.07, 6.45) is 3.86. The molecule has 0 saturated carbocycles. The molecule has 120 valence electrons. The van der Waals surface area contributed by atoms with Gasteiger partial charge < -0.3 is 15.7 Å². The van der Waals surface area contributed by atoms with E-state index >= 15 is 0 Å². The van der Waals surface area contributed by atoms with Crippen LogP contribution in [-0.4, -0.2) is 35.6 Å². The molecule has 2 amide bonds. The lowest BCUT2D eigenvalue weighted by molar-refractivity contribution is -0.126. The Morgan fingerprint density at radius 3 is 2.59 bits per heavy atom. The Morgan fingerprint density at radius 2 is 1.95 bits per heavy atom. The van der Waals surface area contributed by atoms with Gasteiger partial charge in [-0.1, -0.05) is 37.3 Å². The molecule has 1 rings (SSSR count). The fraction of sp³-hybridized carbons (Fsp3) is 0.412. The topological polar surface area (TPSA) is 78.4 Å². The first-order valence-corrected chi connectivity index (χ1v) is 7.52. The summed E-state index contributed by atoms with van der Waals surface area (Å²) in [4.78, 5) is 23.5. The van der Waals surface area contributed by atoms with Gasteiger partial charge in [-0.05, 0) is 31.4 Å². The molecule has 1 aromatic rings. The number of aliphatic hydroxyl groups excluding tert-OH is 1. The normalized spacial score (nSPS) is 13.6. The maximum absolute atomic E-state index is 11.8. The van der Waals surface area contributed by atoms with E-state index in [1.807, 2.05) is 37.3 Å². The molecule has 22 heavy (non-hydrogen) atoms. The third kappa shape index (κ3) is 7.04. The van der Waals surface area contributed by atoms with Crippen LogP contribution in [-0.2, 0) is 9.59 Å². The molecule has 0 aliphatic carbocycles. The van der Waals surface area contributed by atoms with Gasteiger partial charge >= 0.3 is 0 Å². The molecule has 2 atom stereocenters. The van der Waals surface area contributed by atoms with Gasteiger partial charge in [-0.3, -0.25) is 9.59 Å². The smallest absolute Gasteiger partial charge is 0.244 e. The van der Waals surface area contributed by atoms with Crippen LogP contribution in [0.1, 0.15) is 32.3 Å². The average molecular weight is 304 g/mol. The Morgan fingerprint density at radius 1 is 1.27 bits per heavy atom. The van der Waals surface area contributed by atoms with Crippen LogP contribution in [0, 0.1) is 0 Å². The molecule has 0 aliphatic heterocycles. The molecule has 0 spiro atoms. The zero-order chi connectivity index (χ0) is 16.4. The van der Waals surface area contributed by atoms with Gasteiger partial charge in [0.25, 0.3) is 0 Å². The third-order valence-electron chi connectivity index (χ3n) is 3.23. The van der Waals surface area contributed by atoms with Gasteiger partial charge in [0.15, 0.2) is 0 Å². The number of rotatable bonds is 8. The number of carbonyl (C=O) groups is 2. The molecule has 2 unspecified atom stereocenters. The summed E-state index contributed by atoms with van der Waals surface area (Å²) in [5, 5.41) is 14.7. The van der Waals surface area contributed by atoms with Crippen molar-refractivity contribution in [3.63, 3.8) is 0 Å². The molecule has 3 N–H and O–H groups in total. The van der Waals surface area contributed by atoms with Gasteiger partial charge in [-0.15, -0.1) is 0 Å². The van der Waals surface area contributed by atoms with E-state index in [2.05, 4.69) is 10.6 Å². The highest BCUT2D eigenvalue weighted by atomic mass is 16.3. The molecular formula is C17H24N2O3. The van der Waals surface area contributed by atoms with Crippen LogP contribution in [0.25, 0.3) is 6.08 Å². The molecule has 0 aromatic heterocycles. The van der Waals surface area contributed by atoms with Crippen LogP contribution in [0.4, 0.5) is 0 Å². The quantitative estimate of drug-likeness (QED) is 0.637. The molecule has 0 aliphatic rings. The third-order valence-corrected chi connectivity index (χ3v) is 3.23. The van der Waals surface area contributed by atoms with Crippen LogP contribution >= 0.6 is 0 Å². The van der Waals surface area contributed by atoms with E-state index in [4.69, 9.17) is 0 Å². The minimum Gasteiger partial charge on any atom is -0.393 e. The lowest BCUT2D eigenvalue weighted by Gasteiger charge is -2.14. The fourth-order valence-corrected chi connectivity index (χ4v) is 1.78. The molecule has 1 aromatic carbocycles. The number of hydrogen-bond acceptors (Lipinski definition) is 3. The van der Waals surface area contributed by atoms with Crippen molar-refractivity contribution in [1.29, 1.82) is 0 Å². The van der Waals surface area contributed by atoms with Gasteiger partial charge in [0, 0.05) is 12.6 Å². The zero-order valence-electron chi connectivity index (χ0n) is 13.1. The number of aliphatic hydroxyl groups is 1.